The number of amides is 2. The van der Waals surface area contributed by atoms with Gasteiger partial charge in [-0.2, -0.15) is 4.31 Å². The molecule has 0 unspecified atom stereocenters. The molecule has 1 fully saturated rings. The van der Waals surface area contributed by atoms with Gasteiger partial charge in [0.1, 0.15) is 0 Å². The fourth-order valence-corrected chi connectivity index (χ4v) is 7.27. The monoisotopic (exact) mass is 644 g/mol. The first kappa shape index (κ1) is 34.7. The van der Waals surface area contributed by atoms with E-state index in [0.717, 1.165) is 31.5 Å². The number of ether oxygens (including phenoxy) is 2. The number of nitrogens with one attached hydrogen (secondary N) is 1. The van der Waals surface area contributed by atoms with E-state index in [1.165, 1.54) is 21.4 Å². The molecular weight excluding hydrogens is 596 g/mol. The number of hydrazine groups is 1. The van der Waals surface area contributed by atoms with Gasteiger partial charge in [0.15, 0.2) is 11.5 Å². The second kappa shape index (κ2) is 14.9. The lowest BCUT2D eigenvalue weighted by Gasteiger charge is -2.38. The first-order chi connectivity index (χ1) is 21.2. The van der Waals surface area contributed by atoms with Gasteiger partial charge in [-0.3, -0.25) is 19.9 Å². The van der Waals surface area contributed by atoms with Crippen molar-refractivity contribution in [2.45, 2.75) is 77.3 Å². The quantitative estimate of drug-likeness (QED) is 0.318. The van der Waals surface area contributed by atoms with Gasteiger partial charge >= 0.3 is 0 Å². The number of hydrogen-bond donors (Lipinski definition) is 2. The molecule has 248 valence electrons. The number of benzene rings is 2. The molecule has 2 amide bonds. The molecule has 0 spiro atoms. The van der Waals surface area contributed by atoms with Gasteiger partial charge in [0, 0.05) is 25.6 Å². The summed E-state index contributed by atoms with van der Waals surface area (Å²) in [5.74, 6) is 0.0304. The summed E-state index contributed by atoms with van der Waals surface area (Å²) >= 11 is 0. The van der Waals surface area contributed by atoms with Gasteiger partial charge in [-0.05, 0) is 61.4 Å². The summed E-state index contributed by atoms with van der Waals surface area (Å²) in [7, 11) is -4.09. The first-order valence-corrected chi connectivity index (χ1v) is 17.1. The van der Waals surface area contributed by atoms with Gasteiger partial charge < -0.3 is 14.6 Å². The molecule has 0 aromatic heterocycles. The molecule has 4 rings (SSSR count). The Balaban J connectivity index is 1.67. The zero-order chi connectivity index (χ0) is 32.8. The maximum Gasteiger partial charge on any atom is 0.252 e. The maximum absolute atomic E-state index is 14.0. The van der Waals surface area contributed by atoms with Gasteiger partial charge in [-0.1, -0.05) is 65.0 Å². The van der Waals surface area contributed by atoms with Crippen molar-refractivity contribution in [2.24, 2.45) is 11.3 Å². The van der Waals surface area contributed by atoms with Crippen molar-refractivity contribution < 1.29 is 32.6 Å². The Labute approximate surface area is 267 Å². The van der Waals surface area contributed by atoms with Crippen LogP contribution in [0, 0.1) is 11.3 Å². The van der Waals surface area contributed by atoms with Crippen LogP contribution in [0.2, 0.25) is 0 Å². The fourth-order valence-electron chi connectivity index (χ4n) is 5.63. The predicted octanol–water partition coefficient (Wildman–Crippen LogP) is 3.43. The third-order valence-electron chi connectivity index (χ3n) is 7.77. The van der Waals surface area contributed by atoms with Gasteiger partial charge in [0.25, 0.3) is 5.91 Å². The van der Waals surface area contributed by atoms with Gasteiger partial charge in [0.2, 0.25) is 22.7 Å². The first-order valence-electron chi connectivity index (χ1n) is 15.7. The number of fused-ring (bicyclic) bond motifs is 1. The smallest absolute Gasteiger partial charge is 0.252 e. The van der Waals surface area contributed by atoms with Crippen molar-refractivity contribution in [3.63, 3.8) is 0 Å². The Morgan fingerprint density at radius 1 is 1.00 bits per heavy atom. The van der Waals surface area contributed by atoms with Crippen LogP contribution < -0.4 is 14.9 Å². The lowest BCUT2D eigenvalue weighted by molar-refractivity contribution is -0.149. The van der Waals surface area contributed by atoms with Gasteiger partial charge in [-0.15, -0.1) is 0 Å². The third kappa shape index (κ3) is 9.65. The number of aliphatic hydroxyl groups excluding tert-OH is 1. The largest absolute Gasteiger partial charge is 0.454 e. The van der Waals surface area contributed by atoms with Crippen molar-refractivity contribution >= 4 is 21.8 Å². The number of likely N-dealkylation sites (tertiary alicyclic amines) is 1. The maximum atomic E-state index is 14.0. The molecule has 2 N–H and O–H groups in total. The minimum absolute atomic E-state index is 0.0102. The van der Waals surface area contributed by atoms with Crippen molar-refractivity contribution in [2.75, 3.05) is 39.5 Å². The molecule has 2 aliphatic rings. The summed E-state index contributed by atoms with van der Waals surface area (Å²) in [6, 6.07) is 12.9. The van der Waals surface area contributed by atoms with Crippen LogP contribution >= 0.6 is 0 Å². The molecule has 2 atom stereocenters. The molecule has 2 aromatic rings. The Morgan fingerprint density at radius 2 is 1.67 bits per heavy atom. The molecule has 0 saturated carbocycles. The Bertz CT molecular complexity index is 1410. The van der Waals surface area contributed by atoms with E-state index in [0.29, 0.717) is 11.5 Å². The Kier molecular flexibility index (Phi) is 11.5. The minimum Gasteiger partial charge on any atom is -0.454 e. The average molecular weight is 645 g/mol. The van der Waals surface area contributed by atoms with E-state index in [9.17, 15) is 23.1 Å². The van der Waals surface area contributed by atoms with Crippen LogP contribution in [0.3, 0.4) is 0 Å². The highest BCUT2D eigenvalue weighted by Crippen LogP contribution is 2.35. The Hall–Kier alpha value is -3.19. The molecule has 45 heavy (non-hydrogen) atoms. The third-order valence-corrected chi connectivity index (χ3v) is 9.59. The Morgan fingerprint density at radius 3 is 2.31 bits per heavy atom. The van der Waals surface area contributed by atoms with Crippen molar-refractivity contribution in [1.82, 2.24) is 19.6 Å². The molecule has 2 aliphatic heterocycles. The zero-order valence-electron chi connectivity index (χ0n) is 27.1. The molecule has 0 radical (unpaired) electrons. The van der Waals surface area contributed by atoms with E-state index < -0.39 is 27.6 Å². The predicted molar refractivity (Wildman–Crippen MR) is 171 cm³/mol. The van der Waals surface area contributed by atoms with Crippen molar-refractivity contribution in [3.8, 4) is 11.5 Å². The summed E-state index contributed by atoms with van der Waals surface area (Å²) in [6.07, 6.45) is 0.989. The normalized spacial score (nSPS) is 16.6. The van der Waals surface area contributed by atoms with Crippen molar-refractivity contribution in [1.29, 1.82) is 0 Å². The fraction of sp³-hybridized carbons (Fsp3) is 0.576. The molecular formula is C33H48N4O7S. The summed E-state index contributed by atoms with van der Waals surface area (Å²) in [4.78, 5) is 29.2. The highest BCUT2D eigenvalue weighted by Gasteiger charge is 2.37. The van der Waals surface area contributed by atoms with Crippen LogP contribution in [-0.4, -0.2) is 91.2 Å². The molecule has 2 aromatic carbocycles. The second-order valence-corrected chi connectivity index (χ2v) is 15.5. The van der Waals surface area contributed by atoms with E-state index in [1.807, 2.05) is 69.9 Å². The average Bonchev–Trinajstić information content (AvgIpc) is 3.65. The van der Waals surface area contributed by atoms with E-state index in [-0.39, 0.29) is 61.9 Å². The van der Waals surface area contributed by atoms with E-state index in [2.05, 4.69) is 5.43 Å². The highest BCUT2D eigenvalue weighted by molar-refractivity contribution is 7.89. The van der Waals surface area contributed by atoms with Crippen LogP contribution in [0.5, 0.6) is 11.5 Å². The molecule has 12 heteroatoms. The van der Waals surface area contributed by atoms with Crippen LogP contribution in [0.4, 0.5) is 0 Å². The summed E-state index contributed by atoms with van der Waals surface area (Å²) in [5.41, 5.74) is 3.26. The summed E-state index contributed by atoms with van der Waals surface area (Å²) in [5, 5.41) is 13.2. The molecule has 11 nitrogen and oxygen atoms in total. The van der Waals surface area contributed by atoms with E-state index in [1.54, 1.807) is 6.07 Å². The second-order valence-electron chi connectivity index (χ2n) is 13.6. The molecule has 2 heterocycles. The molecule has 0 aliphatic carbocycles. The summed E-state index contributed by atoms with van der Waals surface area (Å²) in [6.45, 7) is 11.2. The standard InChI is InChI=1S/C33H48N4O7S/c1-24(2)20-36(45(41,42)26-13-14-29-30(18-26)44-23-43-29)21-28(38)27(17-25-11-7-6-8-12-25)37(32(40)19-33(3,4)5)34-31(39)22-35-15-9-10-16-35/h6-8,11-14,18,24,27-28,38H,9-10,15-17,19-23H2,1-5H3,(H,34,39)/t27-,28+/m0/s1. The van der Waals surface area contributed by atoms with Gasteiger partial charge in [-0.25, -0.2) is 13.4 Å². The zero-order valence-corrected chi connectivity index (χ0v) is 27.9. The number of nitrogens with zero attached hydrogens (tertiary/aromatic N) is 3. The van der Waals surface area contributed by atoms with Crippen LogP contribution in [0.15, 0.2) is 53.4 Å². The van der Waals surface area contributed by atoms with Crippen LogP contribution in [-0.2, 0) is 26.0 Å². The highest BCUT2D eigenvalue weighted by atomic mass is 32.2. The number of carbonyl (C=O) groups is 2. The van der Waals surface area contributed by atoms with Crippen molar-refractivity contribution in [3.05, 3.63) is 54.1 Å². The lowest BCUT2D eigenvalue weighted by atomic mass is 9.91. The van der Waals surface area contributed by atoms with Crippen LogP contribution in [0.1, 0.15) is 59.4 Å². The van der Waals surface area contributed by atoms with Crippen LogP contribution in [0.25, 0.3) is 0 Å². The molecule has 0 bridgehead atoms. The number of hydrogen-bond acceptors (Lipinski definition) is 8. The van der Waals surface area contributed by atoms with E-state index >= 15 is 0 Å². The summed E-state index contributed by atoms with van der Waals surface area (Å²) < 4.78 is 40.0. The topological polar surface area (TPSA) is 129 Å². The number of aliphatic hydroxyl groups is 1. The van der Waals surface area contributed by atoms with Gasteiger partial charge in [0.05, 0.1) is 23.6 Å². The SMILES string of the molecule is CC(C)CN(C[C@@H](O)[C@H](Cc1ccccc1)N(NC(=O)CN1CCCC1)C(=O)CC(C)(C)C)S(=O)(=O)c1ccc2c(c1)OCO2. The van der Waals surface area contributed by atoms with E-state index in [4.69, 9.17) is 9.47 Å². The number of rotatable bonds is 13. The lowest BCUT2D eigenvalue weighted by Crippen LogP contribution is -2.60. The number of sulfonamides is 1. The minimum atomic E-state index is -4.09. The molecule has 1 saturated heterocycles. The number of carbonyl (C=O) groups excluding carboxylic acids is 2.